The molecule has 1 aromatic heterocycles. The van der Waals surface area contributed by atoms with E-state index in [1.807, 2.05) is 61.5 Å². The monoisotopic (exact) mass is 313 g/mol. The van der Waals surface area contributed by atoms with Crippen molar-refractivity contribution in [2.24, 2.45) is 0 Å². The molecule has 22 heavy (non-hydrogen) atoms. The standard InChI is InChI=1S/C17H15NO3S/c1-12-16(14-9-7-13(8-10-14)11-22(19)20)17(18-21-12)15-5-3-2-4-6-15/h2-10H,11H2,1H3,(H,19,20). The Morgan fingerprint density at radius 1 is 1.05 bits per heavy atom. The summed E-state index contributed by atoms with van der Waals surface area (Å²) in [5.41, 5.74) is 4.54. The van der Waals surface area contributed by atoms with Crippen LogP contribution in [0.2, 0.25) is 0 Å². The number of hydrogen-bond acceptors (Lipinski definition) is 3. The van der Waals surface area contributed by atoms with Gasteiger partial charge in [-0.05, 0) is 18.1 Å². The molecule has 0 amide bonds. The van der Waals surface area contributed by atoms with E-state index in [1.165, 1.54) is 0 Å². The Kier molecular flexibility index (Phi) is 4.18. The molecule has 1 atom stereocenters. The number of aromatic nitrogens is 1. The van der Waals surface area contributed by atoms with Gasteiger partial charge in [0.05, 0.1) is 11.3 Å². The van der Waals surface area contributed by atoms with Crippen molar-refractivity contribution < 1.29 is 13.3 Å². The molecule has 0 saturated heterocycles. The molecule has 0 saturated carbocycles. The summed E-state index contributed by atoms with van der Waals surface area (Å²) in [5.74, 6) is 0.881. The van der Waals surface area contributed by atoms with Gasteiger partial charge >= 0.3 is 0 Å². The molecule has 4 nitrogen and oxygen atoms in total. The smallest absolute Gasteiger partial charge is 0.157 e. The number of benzene rings is 2. The highest BCUT2D eigenvalue weighted by Gasteiger charge is 2.16. The van der Waals surface area contributed by atoms with Crippen LogP contribution in [0.5, 0.6) is 0 Å². The lowest BCUT2D eigenvalue weighted by Crippen LogP contribution is -1.92. The maximum absolute atomic E-state index is 10.9. The largest absolute Gasteiger partial charge is 0.360 e. The van der Waals surface area contributed by atoms with E-state index < -0.39 is 11.1 Å². The lowest BCUT2D eigenvalue weighted by atomic mass is 9.99. The van der Waals surface area contributed by atoms with E-state index in [-0.39, 0.29) is 5.75 Å². The van der Waals surface area contributed by atoms with Crippen LogP contribution in [0.3, 0.4) is 0 Å². The molecule has 1 N–H and O–H groups in total. The second-order valence-electron chi connectivity index (χ2n) is 4.99. The van der Waals surface area contributed by atoms with Gasteiger partial charge in [0.1, 0.15) is 11.5 Å². The third kappa shape index (κ3) is 3.00. The summed E-state index contributed by atoms with van der Waals surface area (Å²) in [5, 5.41) is 4.17. The van der Waals surface area contributed by atoms with Crippen LogP contribution in [-0.4, -0.2) is 13.9 Å². The van der Waals surface area contributed by atoms with E-state index in [2.05, 4.69) is 5.16 Å². The van der Waals surface area contributed by atoms with Gasteiger partial charge in [0.25, 0.3) is 0 Å². The first-order valence-corrected chi connectivity index (χ1v) is 8.11. The lowest BCUT2D eigenvalue weighted by Gasteiger charge is -2.04. The van der Waals surface area contributed by atoms with Crippen molar-refractivity contribution in [2.45, 2.75) is 12.7 Å². The fraction of sp³-hybridized carbons (Fsp3) is 0.118. The minimum absolute atomic E-state index is 0.133. The van der Waals surface area contributed by atoms with Gasteiger partial charge in [0.15, 0.2) is 11.1 Å². The molecule has 3 rings (SSSR count). The molecule has 0 bridgehead atoms. The Bertz CT molecular complexity index is 795. The summed E-state index contributed by atoms with van der Waals surface area (Å²) in [6.07, 6.45) is 0. The summed E-state index contributed by atoms with van der Waals surface area (Å²) < 4.78 is 25.2. The van der Waals surface area contributed by atoms with Crippen LogP contribution in [-0.2, 0) is 16.8 Å². The van der Waals surface area contributed by atoms with Crippen LogP contribution in [0.1, 0.15) is 11.3 Å². The predicted octanol–water partition coefficient (Wildman–Crippen LogP) is 4.04. The molecular weight excluding hydrogens is 298 g/mol. The van der Waals surface area contributed by atoms with Crippen molar-refractivity contribution >= 4 is 11.1 Å². The number of hydrogen-bond donors (Lipinski definition) is 1. The van der Waals surface area contributed by atoms with Crippen molar-refractivity contribution in [2.75, 3.05) is 0 Å². The average molecular weight is 313 g/mol. The molecule has 0 fully saturated rings. The van der Waals surface area contributed by atoms with E-state index in [0.29, 0.717) is 0 Å². The van der Waals surface area contributed by atoms with E-state index in [4.69, 9.17) is 9.08 Å². The molecule has 0 aliphatic rings. The van der Waals surface area contributed by atoms with Crippen molar-refractivity contribution in [3.05, 3.63) is 65.9 Å². The van der Waals surface area contributed by atoms with Crippen LogP contribution < -0.4 is 0 Å². The Morgan fingerprint density at radius 2 is 1.73 bits per heavy atom. The van der Waals surface area contributed by atoms with Crippen molar-refractivity contribution in [1.29, 1.82) is 0 Å². The highest BCUT2D eigenvalue weighted by atomic mass is 32.2. The normalized spacial score (nSPS) is 12.3. The molecule has 0 radical (unpaired) electrons. The zero-order valence-electron chi connectivity index (χ0n) is 12.0. The van der Waals surface area contributed by atoms with Crippen molar-refractivity contribution in [3.8, 4) is 22.4 Å². The van der Waals surface area contributed by atoms with Gasteiger partial charge in [-0.25, -0.2) is 4.21 Å². The number of rotatable bonds is 4. The third-order valence-corrected chi connectivity index (χ3v) is 4.02. The Morgan fingerprint density at radius 3 is 2.36 bits per heavy atom. The first-order chi connectivity index (χ1) is 10.6. The predicted molar refractivity (Wildman–Crippen MR) is 86.6 cm³/mol. The topological polar surface area (TPSA) is 63.3 Å². The molecular formula is C17H15NO3S. The number of nitrogens with zero attached hydrogens (tertiary/aromatic N) is 1. The fourth-order valence-electron chi connectivity index (χ4n) is 2.42. The maximum Gasteiger partial charge on any atom is 0.157 e. The molecule has 2 aromatic carbocycles. The number of aryl methyl sites for hydroxylation is 1. The summed E-state index contributed by atoms with van der Waals surface area (Å²) in [7, 11) is 0. The summed E-state index contributed by atoms with van der Waals surface area (Å²) >= 11 is -1.83. The first-order valence-electron chi connectivity index (χ1n) is 6.83. The summed E-state index contributed by atoms with van der Waals surface area (Å²) in [4.78, 5) is 0. The van der Waals surface area contributed by atoms with E-state index in [9.17, 15) is 4.21 Å². The highest BCUT2D eigenvalue weighted by molar-refractivity contribution is 7.78. The van der Waals surface area contributed by atoms with Gasteiger partial charge in [0.2, 0.25) is 0 Å². The maximum atomic E-state index is 10.9. The molecule has 0 aliphatic heterocycles. The molecule has 1 unspecified atom stereocenters. The molecule has 5 heteroatoms. The molecule has 3 aromatic rings. The SMILES string of the molecule is Cc1onc(-c2ccccc2)c1-c1ccc(CS(=O)O)cc1. The highest BCUT2D eigenvalue weighted by Crippen LogP contribution is 2.34. The minimum Gasteiger partial charge on any atom is -0.360 e. The molecule has 1 heterocycles. The van der Waals surface area contributed by atoms with Crippen molar-refractivity contribution in [3.63, 3.8) is 0 Å². The Hall–Kier alpha value is -2.24. The van der Waals surface area contributed by atoms with E-state index >= 15 is 0 Å². The van der Waals surface area contributed by atoms with Gasteiger partial charge in [-0.15, -0.1) is 0 Å². The lowest BCUT2D eigenvalue weighted by molar-refractivity contribution is 0.400. The van der Waals surface area contributed by atoms with Gasteiger partial charge in [0, 0.05) is 5.56 Å². The van der Waals surface area contributed by atoms with Gasteiger partial charge in [-0.2, -0.15) is 0 Å². The Balaban J connectivity index is 2.02. The second kappa shape index (κ2) is 6.25. The summed E-state index contributed by atoms with van der Waals surface area (Å²) in [6.45, 7) is 1.88. The fourth-order valence-corrected chi connectivity index (χ4v) is 2.89. The molecule has 0 spiro atoms. The average Bonchev–Trinajstić information content (AvgIpc) is 2.90. The van der Waals surface area contributed by atoms with Crippen LogP contribution in [0.25, 0.3) is 22.4 Å². The van der Waals surface area contributed by atoms with E-state index in [0.717, 1.165) is 33.7 Å². The minimum atomic E-state index is -1.83. The zero-order chi connectivity index (χ0) is 15.5. The van der Waals surface area contributed by atoms with Crippen molar-refractivity contribution in [1.82, 2.24) is 5.16 Å². The van der Waals surface area contributed by atoms with E-state index in [1.54, 1.807) is 0 Å². The van der Waals surface area contributed by atoms with Crippen LogP contribution >= 0.6 is 0 Å². The third-order valence-electron chi connectivity index (χ3n) is 3.44. The van der Waals surface area contributed by atoms with Gasteiger partial charge in [-0.1, -0.05) is 59.8 Å². The zero-order valence-corrected chi connectivity index (χ0v) is 12.8. The van der Waals surface area contributed by atoms with Crippen LogP contribution in [0.4, 0.5) is 0 Å². The van der Waals surface area contributed by atoms with Crippen LogP contribution in [0.15, 0.2) is 59.1 Å². The van der Waals surface area contributed by atoms with Gasteiger partial charge in [-0.3, -0.25) is 0 Å². The van der Waals surface area contributed by atoms with Crippen LogP contribution in [0, 0.1) is 6.92 Å². The quantitative estimate of drug-likeness (QED) is 0.738. The summed E-state index contributed by atoms with van der Waals surface area (Å²) in [6, 6.07) is 17.4. The Labute approximate surface area is 131 Å². The molecule has 112 valence electrons. The molecule has 0 aliphatic carbocycles. The second-order valence-corrected chi connectivity index (χ2v) is 5.92. The first kappa shape index (κ1) is 14.7. The van der Waals surface area contributed by atoms with Gasteiger partial charge < -0.3 is 9.08 Å².